The third-order valence-corrected chi connectivity index (χ3v) is 2.09. The molecule has 0 rings (SSSR count). The first-order valence-corrected chi connectivity index (χ1v) is 5.21. The molecule has 4 heteroatoms. The number of methoxy groups -OCH3 is 4. The molecule has 4 nitrogen and oxygen atoms in total. The second-order valence-corrected chi connectivity index (χ2v) is 3.13. The normalized spacial score (nSPS) is 12.6. The Hall–Kier alpha value is -0.680. The first kappa shape index (κ1) is 15.3. The molecule has 0 unspecified atom stereocenters. The van der Waals surface area contributed by atoms with Gasteiger partial charge in [-0.3, -0.25) is 0 Å². The monoisotopic (exact) mass is 230 g/mol. The minimum atomic E-state index is -0.171. The summed E-state index contributed by atoms with van der Waals surface area (Å²) in [5, 5.41) is 0. The van der Waals surface area contributed by atoms with E-state index >= 15 is 0 Å². The third-order valence-electron chi connectivity index (χ3n) is 2.09. The number of rotatable bonds is 9. The molecule has 0 atom stereocenters. The van der Waals surface area contributed by atoms with E-state index in [-0.39, 0.29) is 12.6 Å². The summed E-state index contributed by atoms with van der Waals surface area (Å²) >= 11 is 0. The van der Waals surface area contributed by atoms with Gasteiger partial charge in [0, 0.05) is 41.3 Å². The van der Waals surface area contributed by atoms with Gasteiger partial charge >= 0.3 is 0 Å². The number of hydrogen-bond donors (Lipinski definition) is 0. The van der Waals surface area contributed by atoms with Crippen LogP contribution in [0.2, 0.25) is 0 Å². The summed E-state index contributed by atoms with van der Waals surface area (Å²) in [5.41, 5.74) is 0. The predicted molar refractivity (Wildman–Crippen MR) is 63.1 cm³/mol. The van der Waals surface area contributed by atoms with E-state index in [0.29, 0.717) is 0 Å². The zero-order valence-corrected chi connectivity index (χ0v) is 10.5. The summed E-state index contributed by atoms with van der Waals surface area (Å²) in [5.74, 6) is 0. The van der Waals surface area contributed by atoms with Gasteiger partial charge in [-0.05, 0) is 0 Å². The molecule has 0 aromatic rings. The maximum atomic E-state index is 5.04. The number of ether oxygens (including phenoxy) is 4. The minimum Gasteiger partial charge on any atom is -0.356 e. The van der Waals surface area contributed by atoms with E-state index in [4.69, 9.17) is 18.9 Å². The lowest BCUT2D eigenvalue weighted by molar-refractivity contribution is -0.0989. The van der Waals surface area contributed by atoms with Crippen LogP contribution in [0.25, 0.3) is 0 Å². The van der Waals surface area contributed by atoms with Crippen molar-refractivity contribution < 1.29 is 18.9 Å². The van der Waals surface area contributed by atoms with Gasteiger partial charge < -0.3 is 18.9 Å². The standard InChI is InChI=1S/C12H22O4/c1-13-11(14-2)9-7-5-6-8-10-12(15-3)16-4/h5-8,11-12H,9-10H2,1-4H3/b7-5+,8-6+. The molecule has 0 spiro atoms. The summed E-state index contributed by atoms with van der Waals surface area (Å²) in [6.07, 6.45) is 9.00. The Bertz CT molecular complexity index is 171. The molecule has 0 saturated carbocycles. The molecular weight excluding hydrogens is 208 g/mol. The molecule has 0 aliphatic carbocycles. The van der Waals surface area contributed by atoms with Crippen molar-refractivity contribution in [2.45, 2.75) is 25.4 Å². The van der Waals surface area contributed by atoms with E-state index in [1.54, 1.807) is 28.4 Å². The minimum absolute atomic E-state index is 0.171. The Morgan fingerprint density at radius 1 is 0.688 bits per heavy atom. The summed E-state index contributed by atoms with van der Waals surface area (Å²) < 4.78 is 20.2. The highest BCUT2D eigenvalue weighted by Crippen LogP contribution is 2.01. The van der Waals surface area contributed by atoms with E-state index in [1.165, 1.54) is 0 Å². The summed E-state index contributed by atoms with van der Waals surface area (Å²) in [4.78, 5) is 0. The van der Waals surface area contributed by atoms with E-state index in [2.05, 4.69) is 0 Å². The van der Waals surface area contributed by atoms with Crippen LogP contribution in [0.3, 0.4) is 0 Å². The lowest BCUT2D eigenvalue weighted by Crippen LogP contribution is -2.11. The Labute approximate surface area is 97.8 Å². The van der Waals surface area contributed by atoms with Crippen LogP contribution in [0.1, 0.15) is 12.8 Å². The lowest BCUT2D eigenvalue weighted by atomic mass is 10.3. The Morgan fingerprint density at radius 2 is 1.00 bits per heavy atom. The Balaban J connectivity index is 3.69. The lowest BCUT2D eigenvalue weighted by Gasteiger charge is -2.10. The molecule has 16 heavy (non-hydrogen) atoms. The molecule has 0 N–H and O–H groups in total. The molecule has 0 aromatic heterocycles. The van der Waals surface area contributed by atoms with Gasteiger partial charge in [0.05, 0.1) is 0 Å². The second kappa shape index (κ2) is 10.8. The largest absolute Gasteiger partial charge is 0.356 e. The van der Waals surface area contributed by atoms with Crippen molar-refractivity contribution in [3.63, 3.8) is 0 Å². The van der Waals surface area contributed by atoms with Crippen molar-refractivity contribution in [3.8, 4) is 0 Å². The fourth-order valence-electron chi connectivity index (χ4n) is 1.11. The van der Waals surface area contributed by atoms with Crippen LogP contribution in [0.5, 0.6) is 0 Å². The third kappa shape index (κ3) is 7.59. The van der Waals surface area contributed by atoms with Crippen molar-refractivity contribution in [2.24, 2.45) is 0 Å². The van der Waals surface area contributed by atoms with Crippen LogP contribution >= 0.6 is 0 Å². The Kier molecular flexibility index (Phi) is 10.4. The molecular formula is C12H22O4. The van der Waals surface area contributed by atoms with E-state index in [0.717, 1.165) is 12.8 Å². The van der Waals surface area contributed by atoms with Gasteiger partial charge in [-0.2, -0.15) is 0 Å². The molecule has 94 valence electrons. The average Bonchev–Trinajstić information content (AvgIpc) is 2.33. The topological polar surface area (TPSA) is 36.9 Å². The van der Waals surface area contributed by atoms with Gasteiger partial charge in [-0.15, -0.1) is 0 Å². The van der Waals surface area contributed by atoms with Crippen LogP contribution in [-0.2, 0) is 18.9 Å². The van der Waals surface area contributed by atoms with Crippen LogP contribution in [-0.4, -0.2) is 41.0 Å². The highest BCUT2D eigenvalue weighted by Gasteiger charge is 2.00. The summed E-state index contributed by atoms with van der Waals surface area (Å²) in [6, 6.07) is 0. The van der Waals surface area contributed by atoms with Crippen LogP contribution < -0.4 is 0 Å². The van der Waals surface area contributed by atoms with Crippen LogP contribution in [0, 0.1) is 0 Å². The van der Waals surface area contributed by atoms with E-state index < -0.39 is 0 Å². The smallest absolute Gasteiger partial charge is 0.160 e. The first-order chi connectivity index (χ1) is 7.78. The zero-order valence-electron chi connectivity index (χ0n) is 10.5. The van der Waals surface area contributed by atoms with Crippen LogP contribution in [0.15, 0.2) is 24.3 Å². The number of hydrogen-bond acceptors (Lipinski definition) is 4. The van der Waals surface area contributed by atoms with E-state index in [1.807, 2.05) is 24.3 Å². The highest BCUT2D eigenvalue weighted by atomic mass is 16.7. The van der Waals surface area contributed by atoms with Crippen molar-refractivity contribution in [2.75, 3.05) is 28.4 Å². The molecule has 0 aliphatic heterocycles. The second-order valence-electron chi connectivity index (χ2n) is 3.13. The first-order valence-electron chi connectivity index (χ1n) is 5.21. The molecule has 0 saturated heterocycles. The van der Waals surface area contributed by atoms with Crippen molar-refractivity contribution in [3.05, 3.63) is 24.3 Å². The average molecular weight is 230 g/mol. The van der Waals surface area contributed by atoms with Gasteiger partial charge in [0.2, 0.25) is 0 Å². The SMILES string of the molecule is COC(C/C=C/C=C/CC(OC)OC)OC. The molecule has 0 fully saturated rings. The number of allylic oxidation sites excluding steroid dienone is 2. The van der Waals surface area contributed by atoms with Crippen molar-refractivity contribution in [1.82, 2.24) is 0 Å². The van der Waals surface area contributed by atoms with Crippen molar-refractivity contribution in [1.29, 1.82) is 0 Å². The van der Waals surface area contributed by atoms with Crippen LogP contribution in [0.4, 0.5) is 0 Å². The van der Waals surface area contributed by atoms with Gasteiger partial charge in [-0.1, -0.05) is 24.3 Å². The quantitative estimate of drug-likeness (QED) is 0.449. The van der Waals surface area contributed by atoms with Gasteiger partial charge in [-0.25, -0.2) is 0 Å². The zero-order chi connectivity index (χ0) is 12.2. The van der Waals surface area contributed by atoms with Crippen molar-refractivity contribution >= 4 is 0 Å². The molecule has 0 radical (unpaired) electrons. The molecule has 0 amide bonds. The molecule has 0 bridgehead atoms. The molecule has 0 aromatic carbocycles. The maximum absolute atomic E-state index is 5.04. The van der Waals surface area contributed by atoms with E-state index in [9.17, 15) is 0 Å². The van der Waals surface area contributed by atoms with Gasteiger partial charge in [0.15, 0.2) is 12.6 Å². The summed E-state index contributed by atoms with van der Waals surface area (Å²) in [6.45, 7) is 0. The fraction of sp³-hybridized carbons (Fsp3) is 0.667. The summed E-state index contributed by atoms with van der Waals surface area (Å²) in [7, 11) is 6.50. The maximum Gasteiger partial charge on any atom is 0.160 e. The molecule has 0 heterocycles. The van der Waals surface area contributed by atoms with Gasteiger partial charge in [0.25, 0.3) is 0 Å². The highest BCUT2D eigenvalue weighted by molar-refractivity contribution is 5.02. The Morgan fingerprint density at radius 3 is 1.25 bits per heavy atom. The van der Waals surface area contributed by atoms with Gasteiger partial charge in [0.1, 0.15) is 0 Å². The predicted octanol–water partition coefficient (Wildman–Crippen LogP) is 2.12. The fourth-order valence-corrected chi connectivity index (χ4v) is 1.11. The molecule has 0 aliphatic rings.